The SMILES string of the molecule is C=C1CCNc2ccc([N+](=O)[O-])cc21. The molecule has 0 unspecified atom stereocenters. The summed E-state index contributed by atoms with van der Waals surface area (Å²) in [7, 11) is 0. The highest BCUT2D eigenvalue weighted by Crippen LogP contribution is 2.32. The summed E-state index contributed by atoms with van der Waals surface area (Å²) in [5.41, 5.74) is 2.88. The van der Waals surface area contributed by atoms with Crippen molar-refractivity contribution in [3.8, 4) is 0 Å². The lowest BCUT2D eigenvalue weighted by Gasteiger charge is -2.19. The van der Waals surface area contributed by atoms with Gasteiger partial charge in [0.2, 0.25) is 0 Å². The van der Waals surface area contributed by atoms with Crippen LogP contribution in [-0.2, 0) is 0 Å². The summed E-state index contributed by atoms with van der Waals surface area (Å²) in [5, 5.41) is 13.7. The van der Waals surface area contributed by atoms with Gasteiger partial charge in [-0.2, -0.15) is 0 Å². The Bertz CT molecular complexity index is 413. The average molecular weight is 190 g/mol. The molecule has 14 heavy (non-hydrogen) atoms. The fourth-order valence-corrected chi connectivity index (χ4v) is 1.58. The van der Waals surface area contributed by atoms with Crippen LogP contribution in [-0.4, -0.2) is 11.5 Å². The minimum atomic E-state index is -0.387. The van der Waals surface area contributed by atoms with Gasteiger partial charge in [0.25, 0.3) is 5.69 Å². The normalized spacial score (nSPS) is 14.4. The molecule has 1 N–H and O–H groups in total. The van der Waals surface area contributed by atoms with Crippen LogP contribution in [0.5, 0.6) is 0 Å². The molecule has 1 heterocycles. The van der Waals surface area contributed by atoms with E-state index in [2.05, 4.69) is 11.9 Å². The maximum atomic E-state index is 10.5. The molecular formula is C10H10N2O2. The Hall–Kier alpha value is -1.84. The van der Waals surface area contributed by atoms with E-state index < -0.39 is 0 Å². The summed E-state index contributed by atoms with van der Waals surface area (Å²) in [6.45, 7) is 4.74. The lowest BCUT2D eigenvalue weighted by Crippen LogP contribution is -2.10. The van der Waals surface area contributed by atoms with E-state index in [9.17, 15) is 10.1 Å². The topological polar surface area (TPSA) is 55.2 Å². The molecule has 1 aliphatic heterocycles. The third kappa shape index (κ3) is 1.35. The van der Waals surface area contributed by atoms with E-state index in [0.717, 1.165) is 29.8 Å². The third-order valence-corrected chi connectivity index (χ3v) is 2.34. The van der Waals surface area contributed by atoms with Crippen molar-refractivity contribution in [1.29, 1.82) is 0 Å². The summed E-state index contributed by atoms with van der Waals surface area (Å²) < 4.78 is 0. The molecular weight excluding hydrogens is 180 g/mol. The predicted molar refractivity (Wildman–Crippen MR) is 55.2 cm³/mol. The number of hydrogen-bond donors (Lipinski definition) is 1. The Labute approximate surface area is 81.4 Å². The summed E-state index contributed by atoms with van der Waals surface area (Å²) >= 11 is 0. The predicted octanol–water partition coefficient (Wildman–Crippen LogP) is 2.42. The van der Waals surface area contributed by atoms with Crippen LogP contribution in [0.4, 0.5) is 11.4 Å². The number of nitro benzene ring substituents is 1. The van der Waals surface area contributed by atoms with Crippen molar-refractivity contribution in [2.45, 2.75) is 6.42 Å². The van der Waals surface area contributed by atoms with Gasteiger partial charge < -0.3 is 5.32 Å². The first-order valence-electron chi connectivity index (χ1n) is 4.39. The average Bonchev–Trinajstić information content (AvgIpc) is 2.18. The zero-order chi connectivity index (χ0) is 10.1. The Morgan fingerprint density at radius 3 is 3.00 bits per heavy atom. The van der Waals surface area contributed by atoms with Gasteiger partial charge in [-0.1, -0.05) is 6.58 Å². The molecule has 1 aromatic rings. The van der Waals surface area contributed by atoms with E-state index in [1.807, 2.05) is 0 Å². The first kappa shape index (κ1) is 8.74. The fourth-order valence-electron chi connectivity index (χ4n) is 1.58. The molecule has 2 rings (SSSR count). The molecule has 4 nitrogen and oxygen atoms in total. The first-order valence-corrected chi connectivity index (χ1v) is 4.39. The molecule has 0 saturated heterocycles. The van der Waals surface area contributed by atoms with E-state index in [0.29, 0.717) is 0 Å². The van der Waals surface area contributed by atoms with Gasteiger partial charge >= 0.3 is 0 Å². The van der Waals surface area contributed by atoms with Crippen LogP contribution in [0.1, 0.15) is 12.0 Å². The molecule has 0 bridgehead atoms. The number of nitrogens with zero attached hydrogens (tertiary/aromatic N) is 1. The largest absolute Gasteiger partial charge is 0.384 e. The van der Waals surface area contributed by atoms with Crippen molar-refractivity contribution in [2.75, 3.05) is 11.9 Å². The van der Waals surface area contributed by atoms with Gasteiger partial charge in [-0.15, -0.1) is 0 Å². The van der Waals surface area contributed by atoms with Crippen molar-refractivity contribution >= 4 is 16.9 Å². The van der Waals surface area contributed by atoms with Gasteiger partial charge in [-0.3, -0.25) is 10.1 Å². The molecule has 1 aliphatic rings. The van der Waals surface area contributed by atoms with Crippen LogP contribution < -0.4 is 5.32 Å². The monoisotopic (exact) mass is 190 g/mol. The van der Waals surface area contributed by atoms with E-state index in [1.54, 1.807) is 12.1 Å². The van der Waals surface area contributed by atoms with Crippen LogP contribution in [0.3, 0.4) is 0 Å². The summed E-state index contributed by atoms with van der Waals surface area (Å²) in [6.07, 6.45) is 0.841. The number of nitrogens with one attached hydrogen (secondary N) is 1. The Kier molecular flexibility index (Phi) is 1.96. The maximum Gasteiger partial charge on any atom is 0.270 e. The summed E-state index contributed by atoms with van der Waals surface area (Å²) in [6, 6.07) is 4.81. The maximum absolute atomic E-state index is 10.5. The molecule has 0 aromatic heterocycles. The zero-order valence-corrected chi connectivity index (χ0v) is 7.62. The summed E-state index contributed by atoms with van der Waals surface area (Å²) in [4.78, 5) is 10.2. The Balaban J connectivity index is 2.51. The molecule has 0 aliphatic carbocycles. The van der Waals surface area contributed by atoms with Crippen LogP contribution in [0, 0.1) is 10.1 Å². The second-order valence-corrected chi connectivity index (χ2v) is 3.27. The van der Waals surface area contributed by atoms with Crippen molar-refractivity contribution in [3.63, 3.8) is 0 Å². The number of anilines is 1. The highest BCUT2D eigenvalue weighted by Gasteiger charge is 2.15. The number of fused-ring (bicyclic) bond motifs is 1. The van der Waals surface area contributed by atoms with Gasteiger partial charge in [0.15, 0.2) is 0 Å². The van der Waals surface area contributed by atoms with Crippen molar-refractivity contribution < 1.29 is 4.92 Å². The molecule has 0 atom stereocenters. The third-order valence-electron chi connectivity index (χ3n) is 2.34. The number of rotatable bonds is 1. The highest BCUT2D eigenvalue weighted by molar-refractivity contribution is 5.79. The quantitative estimate of drug-likeness (QED) is 0.546. The van der Waals surface area contributed by atoms with Gasteiger partial charge in [0.1, 0.15) is 0 Å². The second-order valence-electron chi connectivity index (χ2n) is 3.27. The van der Waals surface area contributed by atoms with Gasteiger partial charge in [-0.05, 0) is 18.1 Å². The van der Waals surface area contributed by atoms with Crippen LogP contribution >= 0.6 is 0 Å². The van der Waals surface area contributed by atoms with Crippen LogP contribution in [0.25, 0.3) is 5.57 Å². The molecule has 0 radical (unpaired) electrons. The van der Waals surface area contributed by atoms with Crippen molar-refractivity contribution in [2.24, 2.45) is 0 Å². The summed E-state index contributed by atoms with van der Waals surface area (Å²) in [5.74, 6) is 0. The smallest absolute Gasteiger partial charge is 0.270 e. The highest BCUT2D eigenvalue weighted by atomic mass is 16.6. The molecule has 72 valence electrons. The molecule has 0 saturated carbocycles. The number of nitro groups is 1. The molecule has 1 aromatic carbocycles. The lowest BCUT2D eigenvalue weighted by atomic mass is 9.98. The lowest BCUT2D eigenvalue weighted by molar-refractivity contribution is -0.384. The number of non-ortho nitro benzene ring substituents is 1. The van der Waals surface area contributed by atoms with Crippen molar-refractivity contribution in [1.82, 2.24) is 0 Å². The number of hydrogen-bond acceptors (Lipinski definition) is 3. The van der Waals surface area contributed by atoms with Gasteiger partial charge in [0, 0.05) is 29.9 Å². The Morgan fingerprint density at radius 2 is 2.29 bits per heavy atom. The first-order chi connectivity index (χ1) is 6.68. The van der Waals surface area contributed by atoms with E-state index >= 15 is 0 Å². The minimum Gasteiger partial charge on any atom is -0.384 e. The molecule has 0 fully saturated rings. The van der Waals surface area contributed by atoms with Crippen LogP contribution in [0.2, 0.25) is 0 Å². The fraction of sp³-hybridized carbons (Fsp3) is 0.200. The zero-order valence-electron chi connectivity index (χ0n) is 7.62. The standard InChI is InChI=1S/C10H10N2O2/c1-7-4-5-11-10-3-2-8(12(13)14)6-9(7)10/h2-3,6,11H,1,4-5H2. The minimum absolute atomic E-state index is 0.119. The van der Waals surface area contributed by atoms with E-state index in [1.165, 1.54) is 6.07 Å². The number of benzene rings is 1. The van der Waals surface area contributed by atoms with Crippen molar-refractivity contribution in [3.05, 3.63) is 40.5 Å². The van der Waals surface area contributed by atoms with Gasteiger partial charge in [0.05, 0.1) is 4.92 Å². The molecule has 0 spiro atoms. The second kappa shape index (κ2) is 3.14. The molecule has 0 amide bonds. The molecule has 4 heteroatoms. The van der Waals surface area contributed by atoms with Gasteiger partial charge in [-0.25, -0.2) is 0 Å². The van der Waals surface area contributed by atoms with E-state index in [-0.39, 0.29) is 10.6 Å². The van der Waals surface area contributed by atoms with Crippen LogP contribution in [0.15, 0.2) is 24.8 Å². The van der Waals surface area contributed by atoms with E-state index in [4.69, 9.17) is 0 Å². The Morgan fingerprint density at radius 1 is 1.50 bits per heavy atom.